The van der Waals surface area contributed by atoms with Crippen LogP contribution in [0.3, 0.4) is 0 Å². The zero-order valence-corrected chi connectivity index (χ0v) is 15.2. The standard InChI is InChI=1S/C17H26N4O2S/c1-4-13-10-18-11-19-17(13)21(3)15-8-14(9-15)20-24(22,23)16-6-5-12(2)7-16/h4,10-12,14-16,20H,1,5-9H2,2-3H3/t12-,14?,15?,16-/m1/s1. The summed E-state index contributed by atoms with van der Waals surface area (Å²) >= 11 is 0. The highest BCUT2D eigenvalue weighted by molar-refractivity contribution is 7.90. The molecule has 0 amide bonds. The first kappa shape index (κ1) is 17.4. The SMILES string of the molecule is C=Cc1cncnc1N(C)C1CC(NS(=O)(=O)[C@@H]2CC[C@@H](C)C2)C1. The summed E-state index contributed by atoms with van der Waals surface area (Å²) in [6.07, 6.45) is 9.21. The molecule has 0 aliphatic heterocycles. The van der Waals surface area contributed by atoms with Crippen LogP contribution < -0.4 is 9.62 Å². The van der Waals surface area contributed by atoms with E-state index in [1.807, 2.05) is 7.05 Å². The van der Waals surface area contributed by atoms with Gasteiger partial charge in [-0.1, -0.05) is 19.6 Å². The lowest BCUT2D eigenvalue weighted by Crippen LogP contribution is -2.54. The Labute approximate surface area is 144 Å². The normalized spacial score (nSPS) is 29.9. The number of anilines is 1. The fraction of sp³-hybridized carbons (Fsp3) is 0.647. The fourth-order valence-corrected chi connectivity index (χ4v) is 5.59. The molecule has 24 heavy (non-hydrogen) atoms. The van der Waals surface area contributed by atoms with Gasteiger partial charge in [-0.25, -0.2) is 23.1 Å². The van der Waals surface area contributed by atoms with Crippen molar-refractivity contribution in [2.45, 2.75) is 56.4 Å². The Hall–Kier alpha value is -1.47. The van der Waals surface area contributed by atoms with Crippen LogP contribution in [0.1, 0.15) is 44.6 Å². The third-order valence-electron chi connectivity index (χ3n) is 5.35. The lowest BCUT2D eigenvalue weighted by molar-refractivity contribution is 0.315. The van der Waals surface area contributed by atoms with Crippen molar-refractivity contribution in [2.75, 3.05) is 11.9 Å². The second-order valence-corrected chi connectivity index (χ2v) is 9.13. The fourth-order valence-electron chi connectivity index (χ4n) is 3.71. The van der Waals surface area contributed by atoms with Crippen molar-refractivity contribution in [1.82, 2.24) is 14.7 Å². The second kappa shape index (κ2) is 6.80. The van der Waals surface area contributed by atoms with Crippen molar-refractivity contribution in [3.05, 3.63) is 24.7 Å². The highest BCUT2D eigenvalue weighted by Gasteiger charge is 2.39. The Balaban J connectivity index is 1.56. The Kier molecular flexibility index (Phi) is 4.92. The molecule has 1 aromatic rings. The number of hydrogen-bond donors (Lipinski definition) is 1. The number of nitrogens with one attached hydrogen (secondary N) is 1. The zero-order chi connectivity index (χ0) is 17.3. The van der Waals surface area contributed by atoms with E-state index in [1.165, 1.54) is 6.33 Å². The van der Waals surface area contributed by atoms with Crippen LogP contribution in [0.4, 0.5) is 5.82 Å². The molecule has 132 valence electrons. The van der Waals surface area contributed by atoms with Crippen molar-refractivity contribution in [1.29, 1.82) is 0 Å². The van der Waals surface area contributed by atoms with Gasteiger partial charge in [-0.2, -0.15) is 0 Å². The predicted molar refractivity (Wildman–Crippen MR) is 96.2 cm³/mol. The van der Waals surface area contributed by atoms with E-state index in [4.69, 9.17) is 0 Å². The first-order valence-electron chi connectivity index (χ1n) is 8.57. The van der Waals surface area contributed by atoms with Crippen LogP contribution in [0.15, 0.2) is 19.1 Å². The smallest absolute Gasteiger partial charge is 0.214 e. The molecule has 7 heteroatoms. The van der Waals surface area contributed by atoms with E-state index < -0.39 is 10.0 Å². The predicted octanol–water partition coefficient (Wildman–Crippen LogP) is 2.19. The van der Waals surface area contributed by atoms with Crippen LogP contribution in [-0.2, 0) is 10.0 Å². The van der Waals surface area contributed by atoms with Gasteiger partial charge in [0, 0.05) is 30.9 Å². The van der Waals surface area contributed by atoms with Crippen molar-refractivity contribution < 1.29 is 8.42 Å². The molecule has 1 aromatic heterocycles. The molecule has 0 unspecified atom stereocenters. The summed E-state index contributed by atoms with van der Waals surface area (Å²) < 4.78 is 27.9. The molecule has 0 bridgehead atoms. The number of rotatable bonds is 6. The molecule has 2 aliphatic rings. The molecular weight excluding hydrogens is 324 g/mol. The highest BCUT2D eigenvalue weighted by Crippen LogP contribution is 2.33. The number of nitrogens with zero attached hydrogens (tertiary/aromatic N) is 3. The van der Waals surface area contributed by atoms with Crippen molar-refractivity contribution in [2.24, 2.45) is 5.92 Å². The van der Waals surface area contributed by atoms with Crippen molar-refractivity contribution >= 4 is 21.9 Å². The third kappa shape index (κ3) is 3.47. The molecule has 0 aromatic carbocycles. The maximum Gasteiger partial charge on any atom is 0.214 e. The van der Waals surface area contributed by atoms with Crippen LogP contribution in [0, 0.1) is 5.92 Å². The van der Waals surface area contributed by atoms with Gasteiger partial charge in [-0.15, -0.1) is 0 Å². The molecule has 2 saturated carbocycles. The van der Waals surface area contributed by atoms with Crippen LogP contribution in [-0.4, -0.2) is 42.8 Å². The van der Waals surface area contributed by atoms with Gasteiger partial charge in [-0.05, 0) is 38.0 Å². The van der Waals surface area contributed by atoms with Crippen LogP contribution in [0.2, 0.25) is 0 Å². The van der Waals surface area contributed by atoms with Gasteiger partial charge >= 0.3 is 0 Å². The average molecular weight is 350 g/mol. The van der Waals surface area contributed by atoms with Gasteiger partial charge < -0.3 is 4.90 Å². The first-order valence-corrected chi connectivity index (χ1v) is 10.1. The summed E-state index contributed by atoms with van der Waals surface area (Å²) in [6.45, 7) is 5.92. The minimum Gasteiger partial charge on any atom is -0.356 e. The van der Waals surface area contributed by atoms with E-state index in [9.17, 15) is 8.42 Å². The summed E-state index contributed by atoms with van der Waals surface area (Å²) in [5.41, 5.74) is 0.893. The Morgan fingerprint density at radius 3 is 2.71 bits per heavy atom. The maximum atomic E-state index is 12.5. The van der Waals surface area contributed by atoms with E-state index in [1.54, 1.807) is 12.3 Å². The van der Waals surface area contributed by atoms with Crippen molar-refractivity contribution in [3.63, 3.8) is 0 Å². The molecule has 0 spiro atoms. The number of hydrogen-bond acceptors (Lipinski definition) is 5. The third-order valence-corrected chi connectivity index (χ3v) is 7.32. The van der Waals surface area contributed by atoms with Gasteiger partial charge in [0.05, 0.1) is 5.25 Å². The second-order valence-electron chi connectivity index (χ2n) is 7.14. The molecule has 2 fully saturated rings. The molecule has 1 heterocycles. The summed E-state index contributed by atoms with van der Waals surface area (Å²) in [5.74, 6) is 1.36. The average Bonchev–Trinajstić information content (AvgIpc) is 2.97. The lowest BCUT2D eigenvalue weighted by Gasteiger charge is -2.42. The van der Waals surface area contributed by atoms with Gasteiger partial charge in [0.15, 0.2) is 0 Å². The monoisotopic (exact) mass is 350 g/mol. The summed E-state index contributed by atoms with van der Waals surface area (Å²) in [4.78, 5) is 10.4. The van der Waals surface area contributed by atoms with Gasteiger partial charge in [0.2, 0.25) is 10.0 Å². The van der Waals surface area contributed by atoms with E-state index in [2.05, 4.69) is 33.1 Å². The highest BCUT2D eigenvalue weighted by atomic mass is 32.2. The Morgan fingerprint density at radius 1 is 1.33 bits per heavy atom. The van der Waals surface area contributed by atoms with E-state index in [0.29, 0.717) is 5.92 Å². The quantitative estimate of drug-likeness (QED) is 0.851. The van der Waals surface area contributed by atoms with E-state index in [-0.39, 0.29) is 17.3 Å². The van der Waals surface area contributed by atoms with E-state index >= 15 is 0 Å². The molecular formula is C17H26N4O2S. The molecule has 0 radical (unpaired) electrons. The number of sulfonamides is 1. The summed E-state index contributed by atoms with van der Waals surface area (Å²) in [5, 5.41) is -0.210. The molecule has 2 atom stereocenters. The summed E-state index contributed by atoms with van der Waals surface area (Å²) in [6, 6.07) is 0.321. The van der Waals surface area contributed by atoms with Crippen LogP contribution >= 0.6 is 0 Å². The lowest BCUT2D eigenvalue weighted by atomic mass is 9.86. The molecule has 1 N–H and O–H groups in total. The van der Waals surface area contributed by atoms with Crippen molar-refractivity contribution in [3.8, 4) is 0 Å². The molecule has 0 saturated heterocycles. The summed E-state index contributed by atoms with van der Waals surface area (Å²) in [7, 11) is -1.20. The first-order chi connectivity index (χ1) is 11.4. The molecule has 6 nitrogen and oxygen atoms in total. The number of aromatic nitrogens is 2. The van der Waals surface area contributed by atoms with Crippen LogP contribution in [0.5, 0.6) is 0 Å². The van der Waals surface area contributed by atoms with Crippen LogP contribution in [0.25, 0.3) is 6.08 Å². The minimum absolute atomic E-state index is 0.0346. The zero-order valence-electron chi connectivity index (χ0n) is 14.4. The Bertz CT molecular complexity index is 700. The molecule has 3 rings (SSSR count). The molecule has 2 aliphatic carbocycles. The van der Waals surface area contributed by atoms with Gasteiger partial charge in [-0.3, -0.25) is 0 Å². The van der Waals surface area contributed by atoms with E-state index in [0.717, 1.165) is 43.5 Å². The Morgan fingerprint density at radius 2 is 2.08 bits per heavy atom. The minimum atomic E-state index is -3.19. The topological polar surface area (TPSA) is 75.2 Å². The van der Waals surface area contributed by atoms with Gasteiger partial charge in [0.25, 0.3) is 0 Å². The van der Waals surface area contributed by atoms with Gasteiger partial charge in [0.1, 0.15) is 12.1 Å². The largest absolute Gasteiger partial charge is 0.356 e. The maximum absolute atomic E-state index is 12.5.